The summed E-state index contributed by atoms with van der Waals surface area (Å²) in [5.74, 6) is 1.03. The van der Waals surface area contributed by atoms with Crippen molar-refractivity contribution in [2.45, 2.75) is 64.2 Å². The molecule has 0 radical (unpaired) electrons. The van der Waals surface area contributed by atoms with Crippen LogP contribution in [0.3, 0.4) is 0 Å². The number of likely N-dealkylation sites (N-methyl/N-ethyl adjacent to an activating group) is 2. The van der Waals surface area contributed by atoms with Crippen molar-refractivity contribution < 1.29 is 14.3 Å². The lowest BCUT2D eigenvalue weighted by atomic mass is 9.72. The summed E-state index contributed by atoms with van der Waals surface area (Å²) in [6.07, 6.45) is 6.17. The second-order valence-electron chi connectivity index (χ2n) is 9.26. The van der Waals surface area contributed by atoms with Crippen LogP contribution in [0.15, 0.2) is 0 Å². The predicted octanol–water partition coefficient (Wildman–Crippen LogP) is 2.43. The Morgan fingerprint density at radius 1 is 1.18 bits per heavy atom. The number of rotatable bonds is 8. The van der Waals surface area contributed by atoms with Crippen LogP contribution in [0.25, 0.3) is 0 Å². The molecule has 6 heteroatoms. The van der Waals surface area contributed by atoms with Gasteiger partial charge in [-0.3, -0.25) is 9.69 Å². The van der Waals surface area contributed by atoms with Gasteiger partial charge in [0.05, 0.1) is 13.2 Å². The Morgan fingerprint density at radius 3 is 2.57 bits per heavy atom. The van der Waals surface area contributed by atoms with Crippen LogP contribution in [-0.2, 0) is 14.3 Å². The normalized spacial score (nSPS) is 30.0. The van der Waals surface area contributed by atoms with E-state index in [0.717, 1.165) is 71.6 Å². The van der Waals surface area contributed by atoms with Gasteiger partial charge < -0.3 is 19.3 Å². The number of carbonyl (C=O) groups is 1. The van der Waals surface area contributed by atoms with Gasteiger partial charge in [0.15, 0.2) is 5.79 Å². The van der Waals surface area contributed by atoms with E-state index in [4.69, 9.17) is 9.47 Å². The summed E-state index contributed by atoms with van der Waals surface area (Å²) in [7, 11) is 4.13. The molecule has 0 N–H and O–H groups in total. The summed E-state index contributed by atoms with van der Waals surface area (Å²) in [6.45, 7) is 10.6. The van der Waals surface area contributed by atoms with E-state index in [1.165, 1.54) is 6.42 Å². The molecule has 3 rings (SSSR count). The van der Waals surface area contributed by atoms with Crippen molar-refractivity contribution in [2.24, 2.45) is 11.8 Å². The second kappa shape index (κ2) is 9.88. The molecule has 2 saturated heterocycles. The van der Waals surface area contributed by atoms with E-state index in [9.17, 15) is 4.79 Å². The van der Waals surface area contributed by atoms with E-state index in [1.54, 1.807) is 0 Å². The number of hydrogen-bond donors (Lipinski definition) is 0. The zero-order valence-electron chi connectivity index (χ0n) is 18.5. The number of piperidine rings is 1. The van der Waals surface area contributed by atoms with Crippen LogP contribution in [-0.4, -0.2) is 92.5 Å². The van der Waals surface area contributed by atoms with Crippen molar-refractivity contribution in [3.63, 3.8) is 0 Å². The van der Waals surface area contributed by atoms with Crippen LogP contribution in [0, 0.1) is 11.8 Å². The van der Waals surface area contributed by atoms with E-state index in [0.29, 0.717) is 30.2 Å². The zero-order chi connectivity index (χ0) is 20.1. The van der Waals surface area contributed by atoms with Crippen LogP contribution in [0.1, 0.15) is 52.4 Å². The van der Waals surface area contributed by atoms with Gasteiger partial charge in [0.2, 0.25) is 5.91 Å². The van der Waals surface area contributed by atoms with Crippen molar-refractivity contribution in [3.05, 3.63) is 0 Å². The maximum Gasteiger partial charge on any atom is 0.222 e. The van der Waals surface area contributed by atoms with Crippen LogP contribution in [0.4, 0.5) is 0 Å². The average Bonchev–Trinajstić information content (AvgIpc) is 3.09. The predicted molar refractivity (Wildman–Crippen MR) is 111 cm³/mol. The first-order chi connectivity index (χ1) is 13.5. The fourth-order valence-corrected chi connectivity index (χ4v) is 5.54. The molecule has 3 aliphatic rings. The van der Waals surface area contributed by atoms with Gasteiger partial charge in [-0.05, 0) is 58.7 Å². The van der Waals surface area contributed by atoms with Gasteiger partial charge in [0.25, 0.3) is 0 Å². The number of likely N-dealkylation sites (tertiary alicyclic amines) is 1. The largest absolute Gasteiger partial charge is 0.348 e. The van der Waals surface area contributed by atoms with Gasteiger partial charge >= 0.3 is 0 Å². The third-order valence-corrected chi connectivity index (χ3v) is 6.88. The highest BCUT2D eigenvalue weighted by molar-refractivity contribution is 5.76. The van der Waals surface area contributed by atoms with Crippen molar-refractivity contribution >= 4 is 5.91 Å². The van der Waals surface area contributed by atoms with Gasteiger partial charge in [-0.2, -0.15) is 0 Å². The molecule has 0 unspecified atom stereocenters. The first-order valence-corrected chi connectivity index (χ1v) is 11.4. The number of hydrogen-bond acceptors (Lipinski definition) is 5. The Kier molecular flexibility index (Phi) is 7.76. The van der Waals surface area contributed by atoms with Gasteiger partial charge in [-0.25, -0.2) is 0 Å². The molecule has 28 heavy (non-hydrogen) atoms. The van der Waals surface area contributed by atoms with Crippen molar-refractivity contribution in [1.82, 2.24) is 14.7 Å². The molecule has 0 aromatic heterocycles. The molecule has 2 heterocycles. The molecule has 1 saturated carbocycles. The molecule has 3 fully saturated rings. The summed E-state index contributed by atoms with van der Waals surface area (Å²) in [6, 6.07) is 0.640. The highest BCUT2D eigenvalue weighted by Crippen LogP contribution is 2.45. The number of amides is 1. The van der Waals surface area contributed by atoms with Gasteiger partial charge in [0, 0.05) is 51.5 Å². The summed E-state index contributed by atoms with van der Waals surface area (Å²) in [4.78, 5) is 19.8. The molecule has 1 amide bonds. The van der Waals surface area contributed by atoms with E-state index in [2.05, 4.69) is 37.7 Å². The highest BCUT2D eigenvalue weighted by Gasteiger charge is 2.48. The average molecular weight is 396 g/mol. The lowest BCUT2D eigenvalue weighted by molar-refractivity contribution is -0.203. The first-order valence-electron chi connectivity index (χ1n) is 11.4. The molecular weight excluding hydrogens is 354 g/mol. The maximum atomic E-state index is 13.0. The topological polar surface area (TPSA) is 45.3 Å². The molecule has 0 bridgehead atoms. The Morgan fingerprint density at radius 2 is 1.93 bits per heavy atom. The lowest BCUT2D eigenvalue weighted by Crippen LogP contribution is -2.55. The van der Waals surface area contributed by atoms with Gasteiger partial charge in [-0.15, -0.1) is 0 Å². The summed E-state index contributed by atoms with van der Waals surface area (Å²) in [5, 5.41) is 0. The number of fused-ring (bicyclic) bond motifs is 1. The van der Waals surface area contributed by atoms with Gasteiger partial charge in [0.1, 0.15) is 0 Å². The van der Waals surface area contributed by atoms with Gasteiger partial charge in [-0.1, -0.05) is 6.92 Å². The van der Waals surface area contributed by atoms with E-state index >= 15 is 0 Å². The Bertz CT molecular complexity index is 507. The fourth-order valence-electron chi connectivity index (χ4n) is 5.54. The molecule has 3 atom stereocenters. The molecule has 1 spiro atoms. The minimum Gasteiger partial charge on any atom is -0.348 e. The standard InChI is InChI=1S/C22H41N3O3/c1-5-9-25-17-18(15-21(26)24(6-2)11-10-23(3)4)14-19-16-22(8-7-20(19)25)27-12-13-28-22/h18-20H,5-17H2,1-4H3/t18-,19-,20-/m1/s1. The molecule has 162 valence electrons. The number of nitrogens with zero attached hydrogens (tertiary/aromatic N) is 3. The quantitative estimate of drug-likeness (QED) is 0.632. The first kappa shape index (κ1) is 22.0. The van der Waals surface area contributed by atoms with Crippen LogP contribution in [0.2, 0.25) is 0 Å². The molecule has 1 aliphatic carbocycles. The van der Waals surface area contributed by atoms with Crippen molar-refractivity contribution in [2.75, 3.05) is 60.0 Å². The summed E-state index contributed by atoms with van der Waals surface area (Å²) < 4.78 is 12.1. The smallest absolute Gasteiger partial charge is 0.222 e. The monoisotopic (exact) mass is 395 g/mol. The van der Waals surface area contributed by atoms with E-state index in [-0.39, 0.29) is 5.79 Å². The Labute approximate surface area is 171 Å². The number of ether oxygens (including phenoxy) is 2. The van der Waals surface area contributed by atoms with Crippen molar-refractivity contribution in [3.8, 4) is 0 Å². The zero-order valence-corrected chi connectivity index (χ0v) is 18.5. The maximum absolute atomic E-state index is 13.0. The molecule has 6 nitrogen and oxygen atoms in total. The number of carbonyl (C=O) groups excluding carboxylic acids is 1. The highest BCUT2D eigenvalue weighted by atomic mass is 16.7. The van der Waals surface area contributed by atoms with E-state index < -0.39 is 0 Å². The van der Waals surface area contributed by atoms with Crippen LogP contribution < -0.4 is 0 Å². The summed E-state index contributed by atoms with van der Waals surface area (Å²) >= 11 is 0. The van der Waals surface area contributed by atoms with Crippen LogP contribution in [0.5, 0.6) is 0 Å². The minimum absolute atomic E-state index is 0.322. The van der Waals surface area contributed by atoms with Crippen LogP contribution >= 0.6 is 0 Å². The molecule has 2 aliphatic heterocycles. The molecule has 0 aromatic rings. The SMILES string of the molecule is CCCN1C[C@@H](CC(=O)N(CC)CCN(C)C)C[C@@H]2CC3(CC[C@H]21)OCCO3. The molecular formula is C22H41N3O3. The Balaban J connectivity index is 1.62. The molecule has 0 aromatic carbocycles. The van der Waals surface area contributed by atoms with E-state index in [1.807, 2.05) is 4.90 Å². The summed E-state index contributed by atoms with van der Waals surface area (Å²) in [5.41, 5.74) is 0. The van der Waals surface area contributed by atoms with Crippen molar-refractivity contribution in [1.29, 1.82) is 0 Å². The second-order valence-corrected chi connectivity index (χ2v) is 9.26. The Hall–Kier alpha value is -0.690. The fraction of sp³-hybridized carbons (Fsp3) is 0.955. The minimum atomic E-state index is -0.327. The third kappa shape index (κ3) is 5.26. The lowest BCUT2D eigenvalue weighted by Gasteiger charge is -2.51. The third-order valence-electron chi connectivity index (χ3n) is 6.88.